The van der Waals surface area contributed by atoms with Gasteiger partial charge in [-0.25, -0.2) is 0 Å². The van der Waals surface area contributed by atoms with Gasteiger partial charge in [-0.2, -0.15) is 12.0 Å². The van der Waals surface area contributed by atoms with Crippen molar-refractivity contribution in [3.05, 3.63) is 22.7 Å². The van der Waals surface area contributed by atoms with Crippen LogP contribution in [0, 0.1) is 20.0 Å². The molecule has 0 aromatic carbocycles. The average molecular weight is 238 g/mol. The third-order valence-corrected chi connectivity index (χ3v) is 1.79. The number of hydrogen-bond acceptors (Lipinski definition) is 1. The van der Waals surface area contributed by atoms with Crippen molar-refractivity contribution in [1.82, 2.24) is 4.57 Å². The molecule has 0 atom stereocenters. The molecular weight excluding hydrogens is 227 g/mol. The van der Waals surface area contributed by atoms with E-state index in [0.717, 1.165) is 11.1 Å². The van der Waals surface area contributed by atoms with E-state index in [1.165, 1.54) is 4.57 Å². The molecule has 12 heavy (non-hydrogen) atoms. The van der Waals surface area contributed by atoms with Gasteiger partial charge in [0.15, 0.2) is 0 Å². The number of rotatable bonds is 0. The maximum atomic E-state index is 9.11. The van der Waals surface area contributed by atoms with Crippen LogP contribution in [0.4, 0.5) is 5.82 Å². The van der Waals surface area contributed by atoms with Crippen molar-refractivity contribution in [2.45, 2.75) is 20.8 Å². The quantitative estimate of drug-likeness (QED) is 0.413. The summed E-state index contributed by atoms with van der Waals surface area (Å²) in [7, 11) is 0. The molecule has 1 aromatic rings. The molecular formula is C8H11N3Y-2. The van der Waals surface area contributed by atoms with Gasteiger partial charge in [0.05, 0.1) is 0 Å². The molecule has 0 spiro atoms. The summed E-state index contributed by atoms with van der Waals surface area (Å²) in [6.45, 7) is 5.39. The van der Waals surface area contributed by atoms with E-state index < -0.39 is 0 Å². The van der Waals surface area contributed by atoms with Crippen LogP contribution < -0.4 is 5.73 Å². The first kappa shape index (κ1) is 11.9. The molecule has 1 aromatic heterocycles. The number of aromatic nitrogens is 1. The Hall–Kier alpha value is -0.146. The minimum Gasteiger partial charge on any atom is -0.536 e. The molecule has 0 bridgehead atoms. The largest absolute Gasteiger partial charge is 0.536 e. The third-order valence-electron chi connectivity index (χ3n) is 1.79. The fourth-order valence-corrected chi connectivity index (χ4v) is 0.927. The van der Waals surface area contributed by atoms with Gasteiger partial charge >= 0.3 is 0 Å². The Morgan fingerprint density at radius 3 is 2.17 bits per heavy atom. The molecule has 3 nitrogen and oxygen atoms in total. The molecule has 4 heteroatoms. The van der Waals surface area contributed by atoms with Crippen LogP contribution >= 0.6 is 0 Å². The Morgan fingerprint density at radius 2 is 2.00 bits per heavy atom. The summed E-state index contributed by atoms with van der Waals surface area (Å²) in [6, 6.07) is 0. The Balaban J connectivity index is 0.00000121. The maximum Gasteiger partial charge on any atom is 0 e. The zero-order valence-corrected chi connectivity index (χ0v) is 10.4. The topological polar surface area (TPSA) is 53.2 Å². The first-order valence-electron chi connectivity index (χ1n) is 3.43. The Bertz CT molecular complexity index is 301. The molecule has 0 saturated carbocycles. The van der Waals surface area contributed by atoms with Crippen LogP contribution in [-0.4, -0.2) is 10.4 Å². The van der Waals surface area contributed by atoms with Crippen LogP contribution in [0.3, 0.4) is 0 Å². The molecule has 63 valence electrons. The van der Waals surface area contributed by atoms with Gasteiger partial charge in [-0.15, -0.1) is 16.9 Å². The van der Waals surface area contributed by atoms with Crippen molar-refractivity contribution in [3.63, 3.8) is 0 Å². The van der Waals surface area contributed by atoms with Gasteiger partial charge in [0.2, 0.25) is 0 Å². The predicted octanol–water partition coefficient (Wildman–Crippen LogP) is 1.32. The number of nitrogens with zero attached hydrogens (tertiary/aromatic N) is 2. The fourth-order valence-electron chi connectivity index (χ4n) is 0.927. The molecule has 0 amide bonds. The number of nitrogens with two attached hydrogens (primary N) is 1. The zero-order chi connectivity index (χ0) is 8.59. The van der Waals surface area contributed by atoms with Crippen LogP contribution in [0.15, 0.2) is 0 Å². The van der Waals surface area contributed by atoms with E-state index >= 15 is 0 Å². The Kier molecular flexibility index (Phi) is 4.14. The summed E-state index contributed by atoms with van der Waals surface area (Å²) in [4.78, 5) is 0. The van der Waals surface area contributed by atoms with Crippen LogP contribution in [0.5, 0.6) is 0 Å². The van der Waals surface area contributed by atoms with Crippen molar-refractivity contribution in [2.24, 2.45) is 0 Å². The summed E-state index contributed by atoms with van der Waals surface area (Å²) in [5.41, 5.74) is 7.59. The molecule has 0 aliphatic rings. The normalized spacial score (nSPS) is 9.25. The van der Waals surface area contributed by atoms with Gasteiger partial charge in [0.25, 0.3) is 0 Å². The van der Waals surface area contributed by atoms with E-state index in [1.54, 1.807) is 6.92 Å². The van der Waals surface area contributed by atoms with Crippen LogP contribution in [0.1, 0.15) is 18.1 Å². The van der Waals surface area contributed by atoms with Crippen LogP contribution in [-0.2, 0) is 32.7 Å². The van der Waals surface area contributed by atoms with Gasteiger partial charge in [-0.1, -0.05) is 20.8 Å². The molecule has 0 aliphatic heterocycles. The van der Waals surface area contributed by atoms with Crippen molar-refractivity contribution >= 4 is 11.7 Å². The summed E-state index contributed by atoms with van der Waals surface area (Å²) >= 11 is 0. The first-order valence-corrected chi connectivity index (χ1v) is 3.43. The molecule has 0 saturated heterocycles. The standard InChI is InChI=1S/C8H11N3.Y/c1-5-4-11(7(3)9)8(10)6(5)2;/h10H2,1-3H3;/q-2;. The second kappa shape index (κ2) is 4.19. The molecule has 2 N–H and O–H groups in total. The van der Waals surface area contributed by atoms with Crippen molar-refractivity contribution in [3.8, 4) is 0 Å². The van der Waals surface area contributed by atoms with E-state index in [0.29, 0.717) is 5.82 Å². The summed E-state index contributed by atoms with van der Waals surface area (Å²) < 4.78 is 1.45. The Morgan fingerprint density at radius 1 is 1.50 bits per heavy atom. The SMILES string of the molecule is CC(=[N-])n1[c-]c(C)c(C)c1N.[Y]. The van der Waals surface area contributed by atoms with Gasteiger partial charge in [0, 0.05) is 32.7 Å². The predicted molar refractivity (Wildman–Crippen MR) is 46.6 cm³/mol. The number of hydrogen-bond donors (Lipinski definition) is 1. The molecule has 1 heterocycles. The number of aryl methyl sites for hydroxylation is 1. The van der Waals surface area contributed by atoms with E-state index in [1.807, 2.05) is 13.8 Å². The van der Waals surface area contributed by atoms with E-state index in [4.69, 9.17) is 11.1 Å². The molecule has 0 fully saturated rings. The fraction of sp³-hybridized carbons (Fsp3) is 0.375. The average Bonchev–Trinajstić information content (AvgIpc) is 2.17. The second-order valence-electron chi connectivity index (χ2n) is 2.63. The molecule has 1 radical (unpaired) electrons. The second-order valence-corrected chi connectivity index (χ2v) is 2.63. The monoisotopic (exact) mass is 238 g/mol. The summed E-state index contributed by atoms with van der Waals surface area (Å²) in [6.07, 6.45) is 2.92. The summed E-state index contributed by atoms with van der Waals surface area (Å²) in [5.74, 6) is 0.709. The number of anilines is 1. The van der Waals surface area contributed by atoms with Gasteiger partial charge in [0.1, 0.15) is 0 Å². The Labute approximate surface area is 97.7 Å². The van der Waals surface area contributed by atoms with Crippen LogP contribution in [0.2, 0.25) is 0 Å². The number of nitrogen functional groups attached to an aromatic ring is 1. The minimum absolute atomic E-state index is 0. The van der Waals surface area contributed by atoms with Crippen molar-refractivity contribution < 1.29 is 32.7 Å². The third kappa shape index (κ3) is 1.96. The van der Waals surface area contributed by atoms with Crippen LogP contribution in [0.25, 0.3) is 5.41 Å². The smallest absolute Gasteiger partial charge is 0 e. The van der Waals surface area contributed by atoms with E-state index in [2.05, 4.69) is 6.20 Å². The maximum absolute atomic E-state index is 9.11. The van der Waals surface area contributed by atoms with Crippen molar-refractivity contribution in [1.29, 1.82) is 0 Å². The van der Waals surface area contributed by atoms with Gasteiger partial charge in [-0.3, -0.25) is 0 Å². The molecule has 0 unspecified atom stereocenters. The minimum atomic E-state index is 0. The zero-order valence-electron chi connectivity index (χ0n) is 7.55. The van der Waals surface area contributed by atoms with Crippen molar-refractivity contribution in [2.75, 3.05) is 5.73 Å². The van der Waals surface area contributed by atoms with Gasteiger partial charge < -0.3 is 15.7 Å². The molecule has 0 aliphatic carbocycles. The summed E-state index contributed by atoms with van der Waals surface area (Å²) in [5, 5.41) is 9.11. The first-order chi connectivity index (χ1) is 5.04. The van der Waals surface area contributed by atoms with E-state index in [-0.39, 0.29) is 38.5 Å². The van der Waals surface area contributed by atoms with Gasteiger partial charge in [-0.05, 0) is 0 Å². The van der Waals surface area contributed by atoms with E-state index in [9.17, 15) is 0 Å². The molecule has 1 rings (SSSR count).